The smallest absolute Gasteiger partial charge is 0.261 e. The van der Waals surface area contributed by atoms with Crippen molar-refractivity contribution in [3.05, 3.63) is 95.7 Å². The molecule has 13 nitrogen and oxygen atoms in total. The first-order valence-corrected chi connectivity index (χ1v) is 17.6. The Morgan fingerprint density at radius 2 is 1.44 bits per heavy atom. The van der Waals surface area contributed by atoms with Gasteiger partial charge in [-0.15, -0.1) is 0 Å². The molecule has 0 radical (unpaired) electrons. The lowest BCUT2D eigenvalue weighted by molar-refractivity contribution is -0.130. The molecule has 2 aliphatic carbocycles. The monoisotopic (exact) mass is 733 g/mol. The Kier molecular flexibility index (Phi) is 11.8. The highest BCUT2D eigenvalue weighted by molar-refractivity contribution is 5.83. The van der Waals surface area contributed by atoms with Gasteiger partial charge in [0, 0.05) is 17.0 Å². The summed E-state index contributed by atoms with van der Waals surface area (Å²) in [5, 5.41) is 20.1. The number of aromatic nitrogens is 4. The van der Waals surface area contributed by atoms with Crippen LogP contribution in [0.3, 0.4) is 0 Å². The van der Waals surface area contributed by atoms with Gasteiger partial charge in [0.1, 0.15) is 29.6 Å². The first-order chi connectivity index (χ1) is 25.3. The molecule has 2 saturated carbocycles. The Labute approximate surface area is 315 Å². The highest BCUT2D eigenvalue weighted by Gasteiger charge is 2.40. The summed E-state index contributed by atoms with van der Waals surface area (Å²) in [6.07, 6.45) is 4.11. The molecule has 2 aromatic heterocycles. The lowest BCUT2D eigenvalue weighted by atomic mass is 10.0. The number of hydrogen-bond donors (Lipinski definition) is 2. The fourth-order valence-electron chi connectivity index (χ4n) is 5.26. The Balaban J connectivity index is 0.000000210. The minimum atomic E-state index is -1.13. The van der Waals surface area contributed by atoms with Gasteiger partial charge in [-0.3, -0.25) is 9.59 Å². The van der Waals surface area contributed by atoms with Gasteiger partial charge in [-0.1, -0.05) is 47.6 Å². The normalized spacial score (nSPS) is 14.4. The largest absolute Gasteiger partial charge is 0.489 e. The van der Waals surface area contributed by atoms with Crippen LogP contribution < -0.4 is 20.5 Å². The van der Waals surface area contributed by atoms with Gasteiger partial charge in [0.15, 0.2) is 5.60 Å². The SMILES string of the molecule is C.CC(C)(Oc1ccc(-c2noc(C(C)(C)NC(=O)C(C#N)C3CC3)n2)cc1)C(N)=O.Cc1ccc(COc2ccc(-c3noc(C4CC4)n3)cc2)cc1. The second-order valence-electron chi connectivity index (χ2n) is 14.5. The summed E-state index contributed by atoms with van der Waals surface area (Å²) in [7, 11) is 0. The Morgan fingerprint density at radius 3 is 2.00 bits per heavy atom. The van der Waals surface area contributed by atoms with Crippen molar-refractivity contribution in [3.63, 3.8) is 0 Å². The molecule has 7 rings (SSSR count). The Bertz CT molecular complexity index is 2070. The quantitative estimate of drug-likeness (QED) is 0.122. The number of carbonyl (C=O) groups excluding carboxylic acids is 2. The van der Waals surface area contributed by atoms with Crippen LogP contribution in [0, 0.1) is 30.1 Å². The molecule has 1 unspecified atom stereocenters. The molecule has 13 heteroatoms. The van der Waals surface area contributed by atoms with Gasteiger partial charge in [0.2, 0.25) is 23.4 Å². The van der Waals surface area contributed by atoms with E-state index in [2.05, 4.69) is 62.9 Å². The number of rotatable bonds is 13. The maximum Gasteiger partial charge on any atom is 0.261 e. The van der Waals surface area contributed by atoms with Crippen LogP contribution in [0.2, 0.25) is 0 Å². The molecular formula is C41H47N7O6. The lowest BCUT2D eigenvalue weighted by Crippen LogP contribution is -2.44. The molecule has 54 heavy (non-hydrogen) atoms. The van der Waals surface area contributed by atoms with E-state index in [1.54, 1.807) is 52.0 Å². The van der Waals surface area contributed by atoms with Crippen LogP contribution >= 0.6 is 0 Å². The summed E-state index contributed by atoms with van der Waals surface area (Å²) in [5.41, 5.74) is 7.29. The molecule has 2 heterocycles. The predicted molar refractivity (Wildman–Crippen MR) is 201 cm³/mol. The third-order valence-electron chi connectivity index (χ3n) is 9.00. The first-order valence-electron chi connectivity index (χ1n) is 17.6. The number of amides is 2. The molecule has 3 N–H and O–H groups in total. The summed E-state index contributed by atoms with van der Waals surface area (Å²) in [6.45, 7) is 9.30. The van der Waals surface area contributed by atoms with E-state index in [1.165, 1.54) is 5.56 Å². The number of ether oxygens (including phenoxy) is 2. The standard InChI is InChI=1S/C21H25N5O4.C19H18N2O2.CH4/c1-20(2,25-17(27)15(11-22)12-5-6-12)19-24-16(26-30-19)13-7-9-14(10-8-13)29-21(3,4)18(23)28;1-13-2-4-14(5-3-13)12-22-17-10-8-15(9-11-17)18-20-19(23-21-18)16-6-7-16;/h7-10,12,15H,5-6H2,1-4H3,(H2,23,28)(H,25,27);2-5,8-11,16H,6-7,12H2,1H3;1H4. The topological polar surface area (TPSA) is 192 Å². The second kappa shape index (κ2) is 16.3. The van der Waals surface area contributed by atoms with E-state index in [0.29, 0.717) is 35.5 Å². The van der Waals surface area contributed by atoms with Crippen molar-refractivity contribution < 1.29 is 28.1 Å². The molecule has 0 aliphatic heterocycles. The first kappa shape index (κ1) is 39.2. The molecule has 1 atom stereocenters. The molecule has 282 valence electrons. The summed E-state index contributed by atoms with van der Waals surface area (Å²) in [5.74, 6) is 2.34. The fourth-order valence-corrected chi connectivity index (χ4v) is 5.26. The van der Waals surface area contributed by atoms with Crippen molar-refractivity contribution in [2.45, 2.75) is 91.4 Å². The van der Waals surface area contributed by atoms with Gasteiger partial charge in [-0.05, 0) is 120 Å². The van der Waals surface area contributed by atoms with Crippen LogP contribution in [0.25, 0.3) is 22.8 Å². The van der Waals surface area contributed by atoms with Crippen LogP contribution in [0.15, 0.2) is 81.8 Å². The van der Waals surface area contributed by atoms with E-state index in [9.17, 15) is 14.9 Å². The summed E-state index contributed by atoms with van der Waals surface area (Å²) in [6, 6.07) is 25.1. The van der Waals surface area contributed by atoms with Crippen LogP contribution in [-0.4, -0.2) is 37.7 Å². The van der Waals surface area contributed by atoms with E-state index in [-0.39, 0.29) is 25.1 Å². The zero-order valence-corrected chi connectivity index (χ0v) is 30.5. The number of nitrogens with zero attached hydrogens (tertiary/aromatic N) is 5. The van der Waals surface area contributed by atoms with Crippen molar-refractivity contribution in [2.75, 3.05) is 0 Å². The number of aryl methyl sites for hydroxylation is 1. The zero-order chi connectivity index (χ0) is 37.8. The van der Waals surface area contributed by atoms with Crippen molar-refractivity contribution in [3.8, 4) is 40.3 Å². The highest BCUT2D eigenvalue weighted by atomic mass is 16.5. The molecule has 2 aliphatic rings. The molecule has 0 spiro atoms. The van der Waals surface area contributed by atoms with Crippen LogP contribution in [0.4, 0.5) is 0 Å². The summed E-state index contributed by atoms with van der Waals surface area (Å²) >= 11 is 0. The van der Waals surface area contributed by atoms with Crippen molar-refractivity contribution in [2.24, 2.45) is 17.6 Å². The number of nitrogens with one attached hydrogen (secondary N) is 1. The van der Waals surface area contributed by atoms with E-state index in [4.69, 9.17) is 24.3 Å². The van der Waals surface area contributed by atoms with Crippen LogP contribution in [0.1, 0.15) is 89.6 Å². The molecule has 3 aromatic carbocycles. The highest BCUT2D eigenvalue weighted by Crippen LogP contribution is 2.40. The van der Waals surface area contributed by atoms with Gasteiger partial charge >= 0.3 is 0 Å². The molecule has 2 fully saturated rings. The molecule has 0 saturated heterocycles. The van der Waals surface area contributed by atoms with Crippen LogP contribution in [0.5, 0.6) is 11.5 Å². The number of hydrogen-bond acceptors (Lipinski definition) is 11. The average molecular weight is 734 g/mol. The third-order valence-corrected chi connectivity index (χ3v) is 9.00. The Morgan fingerprint density at radius 1 is 0.870 bits per heavy atom. The number of nitrogens with two attached hydrogens (primary N) is 1. The van der Waals surface area contributed by atoms with Gasteiger partial charge in [-0.2, -0.15) is 15.2 Å². The summed E-state index contributed by atoms with van der Waals surface area (Å²) < 4.78 is 22.1. The lowest BCUT2D eigenvalue weighted by Gasteiger charge is -2.23. The van der Waals surface area contributed by atoms with E-state index in [1.807, 2.05) is 24.3 Å². The maximum atomic E-state index is 12.5. The minimum Gasteiger partial charge on any atom is -0.489 e. The number of benzene rings is 3. The molecule has 5 aromatic rings. The molecule has 2 amide bonds. The third kappa shape index (κ3) is 9.89. The van der Waals surface area contributed by atoms with Gasteiger partial charge in [0.25, 0.3) is 11.8 Å². The van der Waals surface area contributed by atoms with Gasteiger partial charge in [0.05, 0.1) is 6.07 Å². The number of primary amides is 1. The van der Waals surface area contributed by atoms with E-state index < -0.39 is 23.0 Å². The van der Waals surface area contributed by atoms with Crippen LogP contribution in [-0.2, 0) is 21.7 Å². The minimum absolute atomic E-state index is 0. The maximum absolute atomic E-state index is 12.5. The zero-order valence-electron chi connectivity index (χ0n) is 30.5. The fraction of sp³-hybridized carbons (Fsp3) is 0.390. The van der Waals surface area contributed by atoms with Gasteiger partial charge in [-0.25, -0.2) is 0 Å². The number of nitriles is 1. The predicted octanol–water partition coefficient (Wildman–Crippen LogP) is 7.42. The second-order valence-corrected chi connectivity index (χ2v) is 14.5. The molecule has 0 bridgehead atoms. The van der Waals surface area contributed by atoms with Crippen molar-refractivity contribution in [1.82, 2.24) is 25.6 Å². The Hall–Kier alpha value is -6.03. The summed E-state index contributed by atoms with van der Waals surface area (Å²) in [4.78, 5) is 32.7. The van der Waals surface area contributed by atoms with Crippen molar-refractivity contribution >= 4 is 11.8 Å². The van der Waals surface area contributed by atoms with E-state index >= 15 is 0 Å². The molecular weight excluding hydrogens is 686 g/mol. The average Bonchev–Trinajstić information content (AvgIpc) is 4.06. The van der Waals surface area contributed by atoms with Gasteiger partial charge < -0.3 is 29.6 Å². The van der Waals surface area contributed by atoms with Crippen molar-refractivity contribution in [1.29, 1.82) is 5.26 Å². The number of carbonyl (C=O) groups is 2. The van der Waals surface area contributed by atoms with E-state index in [0.717, 1.165) is 48.5 Å².